The van der Waals surface area contributed by atoms with Crippen LogP contribution in [0.25, 0.3) is 0 Å². The number of pyridine rings is 1. The van der Waals surface area contributed by atoms with E-state index in [-0.39, 0.29) is 29.9 Å². The molecule has 3 rings (SSSR count). The fourth-order valence-corrected chi connectivity index (χ4v) is 4.15. The van der Waals surface area contributed by atoms with Gasteiger partial charge in [-0.25, -0.2) is 9.98 Å². The Hall–Kier alpha value is -1.62. The first-order valence-corrected chi connectivity index (χ1v) is 10.8. The van der Waals surface area contributed by atoms with Crippen molar-refractivity contribution in [3.63, 3.8) is 0 Å². The molecule has 30 heavy (non-hydrogen) atoms. The highest BCUT2D eigenvalue weighted by Crippen LogP contribution is 2.22. The Bertz CT molecular complexity index is 706. The molecule has 2 aliphatic heterocycles. The number of rotatable bonds is 6. The lowest BCUT2D eigenvalue weighted by Crippen LogP contribution is -2.47. The largest absolute Gasteiger partial charge is 0.370 e. The lowest BCUT2D eigenvalue weighted by Gasteiger charge is -2.35. The van der Waals surface area contributed by atoms with Gasteiger partial charge in [0, 0.05) is 64.0 Å². The van der Waals surface area contributed by atoms with E-state index in [0.29, 0.717) is 18.9 Å². The zero-order chi connectivity index (χ0) is 20.6. The molecule has 1 unspecified atom stereocenters. The fraction of sp³-hybridized carbons (Fsp3) is 0.667. The van der Waals surface area contributed by atoms with Crippen molar-refractivity contribution in [1.82, 2.24) is 20.1 Å². The standard InChI is InChI=1S/C21H35N7O.HI/c1-3-23-21(28-9-5-6-17(16-28)14-19(22)29)25-15-18-7-4-8-24-20(18)27-12-10-26(2)11-13-27;/h4,7-8,17H,3,5-6,9-16H2,1-2H3,(H2,22,29)(H,23,25);1H. The van der Waals surface area contributed by atoms with Gasteiger partial charge in [0.05, 0.1) is 6.54 Å². The number of aromatic nitrogens is 1. The molecule has 2 fully saturated rings. The molecule has 2 saturated heterocycles. The van der Waals surface area contributed by atoms with Crippen LogP contribution in [0.5, 0.6) is 0 Å². The average Bonchev–Trinajstić information content (AvgIpc) is 2.72. The van der Waals surface area contributed by atoms with Crippen molar-refractivity contribution in [1.29, 1.82) is 0 Å². The summed E-state index contributed by atoms with van der Waals surface area (Å²) in [6.45, 7) is 9.36. The first-order chi connectivity index (χ1) is 14.1. The van der Waals surface area contributed by atoms with Gasteiger partial charge in [-0.15, -0.1) is 24.0 Å². The second kappa shape index (κ2) is 12.3. The first-order valence-electron chi connectivity index (χ1n) is 10.8. The van der Waals surface area contributed by atoms with Crippen molar-refractivity contribution in [3.05, 3.63) is 23.9 Å². The highest BCUT2D eigenvalue weighted by Gasteiger charge is 2.24. The van der Waals surface area contributed by atoms with Crippen molar-refractivity contribution in [2.24, 2.45) is 16.6 Å². The van der Waals surface area contributed by atoms with Crippen LogP contribution >= 0.6 is 24.0 Å². The zero-order valence-corrected chi connectivity index (χ0v) is 20.5. The molecule has 3 N–H and O–H groups in total. The van der Waals surface area contributed by atoms with Crippen LogP contribution in [0.2, 0.25) is 0 Å². The molecular weight excluding hydrogens is 493 g/mol. The Labute approximate surface area is 197 Å². The van der Waals surface area contributed by atoms with Gasteiger partial charge in [0.15, 0.2) is 5.96 Å². The average molecular weight is 529 g/mol. The quantitative estimate of drug-likeness (QED) is 0.330. The van der Waals surface area contributed by atoms with Gasteiger partial charge in [0.2, 0.25) is 5.91 Å². The third kappa shape index (κ3) is 6.97. The van der Waals surface area contributed by atoms with E-state index in [1.807, 2.05) is 12.3 Å². The van der Waals surface area contributed by atoms with Gasteiger partial charge in [-0.2, -0.15) is 0 Å². The first kappa shape index (κ1) is 24.6. The number of guanidine groups is 1. The summed E-state index contributed by atoms with van der Waals surface area (Å²) in [6.07, 6.45) is 4.42. The molecule has 0 aromatic carbocycles. The molecule has 8 nitrogen and oxygen atoms in total. The maximum atomic E-state index is 11.3. The summed E-state index contributed by atoms with van der Waals surface area (Å²) < 4.78 is 0. The van der Waals surface area contributed by atoms with Crippen LogP contribution in [0, 0.1) is 5.92 Å². The van der Waals surface area contributed by atoms with Gasteiger partial charge in [0.25, 0.3) is 0 Å². The number of piperazine rings is 1. The second-order valence-corrected chi connectivity index (χ2v) is 8.07. The van der Waals surface area contributed by atoms with Crippen molar-refractivity contribution >= 4 is 41.7 Å². The van der Waals surface area contributed by atoms with E-state index in [9.17, 15) is 4.79 Å². The minimum absolute atomic E-state index is 0. The molecule has 0 saturated carbocycles. The summed E-state index contributed by atoms with van der Waals surface area (Å²) in [5.41, 5.74) is 6.57. The minimum Gasteiger partial charge on any atom is -0.370 e. The van der Waals surface area contributed by atoms with Gasteiger partial charge in [0.1, 0.15) is 5.82 Å². The number of nitrogens with zero attached hydrogens (tertiary/aromatic N) is 5. The molecule has 1 aromatic heterocycles. The van der Waals surface area contributed by atoms with E-state index in [2.05, 4.69) is 45.0 Å². The number of primary amides is 1. The number of hydrogen-bond donors (Lipinski definition) is 2. The third-order valence-electron chi connectivity index (χ3n) is 5.71. The molecule has 0 aliphatic carbocycles. The number of nitrogens with two attached hydrogens (primary N) is 1. The number of carbonyl (C=O) groups excluding carboxylic acids is 1. The fourth-order valence-electron chi connectivity index (χ4n) is 4.15. The van der Waals surface area contributed by atoms with Crippen LogP contribution in [0.15, 0.2) is 23.3 Å². The number of likely N-dealkylation sites (tertiary alicyclic amines) is 1. The van der Waals surface area contributed by atoms with Crippen LogP contribution in [0.4, 0.5) is 5.82 Å². The van der Waals surface area contributed by atoms with E-state index >= 15 is 0 Å². The van der Waals surface area contributed by atoms with Crippen LogP contribution in [-0.2, 0) is 11.3 Å². The minimum atomic E-state index is -0.217. The Kier molecular flexibility index (Phi) is 10.1. The number of aliphatic imine (C=N–C) groups is 1. The molecule has 0 bridgehead atoms. The van der Waals surface area contributed by atoms with Crippen molar-refractivity contribution in [3.8, 4) is 0 Å². The number of nitrogens with one attached hydrogen (secondary N) is 1. The maximum Gasteiger partial charge on any atom is 0.217 e. The molecule has 0 radical (unpaired) electrons. The summed E-state index contributed by atoms with van der Waals surface area (Å²) >= 11 is 0. The highest BCUT2D eigenvalue weighted by atomic mass is 127. The summed E-state index contributed by atoms with van der Waals surface area (Å²) in [5.74, 6) is 2.05. The lowest BCUT2D eigenvalue weighted by molar-refractivity contribution is -0.119. The Balaban J connectivity index is 0.00000320. The molecular formula is C21H36IN7O. The Morgan fingerprint density at radius 2 is 2.07 bits per heavy atom. The SMILES string of the molecule is CCNC(=NCc1cccnc1N1CCN(C)CC1)N1CCCC(CC(N)=O)C1.I. The van der Waals surface area contributed by atoms with E-state index in [0.717, 1.165) is 76.0 Å². The monoisotopic (exact) mass is 529 g/mol. The molecule has 1 aromatic rings. The van der Waals surface area contributed by atoms with Crippen molar-refractivity contribution < 1.29 is 4.79 Å². The van der Waals surface area contributed by atoms with E-state index in [1.54, 1.807) is 0 Å². The van der Waals surface area contributed by atoms with E-state index in [4.69, 9.17) is 10.7 Å². The van der Waals surface area contributed by atoms with Crippen molar-refractivity contribution in [2.45, 2.75) is 32.7 Å². The molecule has 1 amide bonds. The molecule has 0 spiro atoms. The number of hydrogen-bond acceptors (Lipinski definition) is 5. The van der Waals surface area contributed by atoms with Crippen molar-refractivity contribution in [2.75, 3.05) is 57.8 Å². The maximum absolute atomic E-state index is 11.3. The number of likely N-dealkylation sites (N-methyl/N-ethyl adjacent to an activating group) is 1. The summed E-state index contributed by atoms with van der Waals surface area (Å²) in [4.78, 5) is 27.9. The smallest absolute Gasteiger partial charge is 0.217 e. The highest BCUT2D eigenvalue weighted by molar-refractivity contribution is 14.0. The predicted molar refractivity (Wildman–Crippen MR) is 132 cm³/mol. The zero-order valence-electron chi connectivity index (χ0n) is 18.2. The molecule has 2 aliphatic rings. The topological polar surface area (TPSA) is 90.1 Å². The van der Waals surface area contributed by atoms with Gasteiger partial charge in [-0.3, -0.25) is 4.79 Å². The number of piperidine rings is 1. The predicted octanol–water partition coefficient (Wildman–Crippen LogP) is 1.50. The Morgan fingerprint density at radius 1 is 1.30 bits per heavy atom. The summed E-state index contributed by atoms with van der Waals surface area (Å²) in [7, 11) is 2.16. The summed E-state index contributed by atoms with van der Waals surface area (Å²) in [6, 6.07) is 4.11. The van der Waals surface area contributed by atoms with E-state index in [1.165, 1.54) is 0 Å². The number of halogens is 1. The van der Waals surface area contributed by atoms with Gasteiger partial charge >= 0.3 is 0 Å². The molecule has 3 heterocycles. The Morgan fingerprint density at radius 3 is 2.77 bits per heavy atom. The van der Waals surface area contributed by atoms with Crippen LogP contribution < -0.4 is 16.0 Å². The second-order valence-electron chi connectivity index (χ2n) is 8.07. The molecule has 1 atom stereocenters. The van der Waals surface area contributed by atoms with Gasteiger partial charge in [-0.1, -0.05) is 6.07 Å². The van der Waals surface area contributed by atoms with Crippen LogP contribution in [0.3, 0.4) is 0 Å². The number of carbonyl (C=O) groups is 1. The van der Waals surface area contributed by atoms with Gasteiger partial charge < -0.3 is 25.8 Å². The van der Waals surface area contributed by atoms with Crippen LogP contribution in [0.1, 0.15) is 31.7 Å². The van der Waals surface area contributed by atoms with Gasteiger partial charge in [-0.05, 0) is 38.8 Å². The number of amides is 1. The summed E-state index contributed by atoms with van der Waals surface area (Å²) in [5, 5.41) is 3.42. The lowest BCUT2D eigenvalue weighted by atomic mass is 9.95. The van der Waals surface area contributed by atoms with E-state index < -0.39 is 0 Å². The number of anilines is 1. The molecule has 168 valence electrons. The van der Waals surface area contributed by atoms with Crippen LogP contribution in [-0.4, -0.2) is 79.5 Å². The third-order valence-corrected chi connectivity index (χ3v) is 5.71. The normalized spacial score (nSPS) is 20.6. The molecule has 9 heteroatoms.